The molecule has 0 saturated carbocycles. The van der Waals surface area contributed by atoms with Gasteiger partial charge in [0.25, 0.3) is 5.69 Å². The molecule has 0 aromatic heterocycles. The summed E-state index contributed by atoms with van der Waals surface area (Å²) in [5.41, 5.74) is -2.54. The number of benzene rings is 2. The fraction of sp³-hybridized carbons (Fsp3) is 0.188. The first-order valence-corrected chi connectivity index (χ1v) is 7.51. The molecular weight excluding hydrogens is 379 g/mol. The van der Waals surface area contributed by atoms with E-state index in [0.29, 0.717) is 12.1 Å². The van der Waals surface area contributed by atoms with Crippen LogP contribution in [-0.4, -0.2) is 17.5 Å². The molecule has 0 fully saturated rings. The number of nitrogens with zero attached hydrogens (tertiary/aromatic N) is 1. The van der Waals surface area contributed by atoms with Crippen molar-refractivity contribution in [3.05, 3.63) is 62.7 Å². The van der Waals surface area contributed by atoms with Crippen molar-refractivity contribution in [1.82, 2.24) is 0 Å². The second-order valence-electron chi connectivity index (χ2n) is 4.91. The smallest absolute Gasteiger partial charge is 0.423 e. The van der Waals surface area contributed by atoms with Gasteiger partial charge in [-0.2, -0.15) is 13.2 Å². The first-order valence-electron chi connectivity index (χ1n) is 7.13. The van der Waals surface area contributed by atoms with E-state index in [-0.39, 0.29) is 23.7 Å². The van der Waals surface area contributed by atoms with Crippen molar-refractivity contribution < 1.29 is 32.4 Å². The molecule has 2 aromatic rings. The Bertz CT molecular complexity index is 854. The topological polar surface area (TPSA) is 78.7 Å². The van der Waals surface area contributed by atoms with Gasteiger partial charge in [-0.3, -0.25) is 10.1 Å². The van der Waals surface area contributed by atoms with Gasteiger partial charge in [0.2, 0.25) is 0 Å². The normalized spacial score (nSPS) is 11.1. The quantitative estimate of drug-likeness (QED) is 0.397. The lowest BCUT2D eigenvalue weighted by Gasteiger charge is -2.12. The van der Waals surface area contributed by atoms with Gasteiger partial charge in [0, 0.05) is 0 Å². The Balaban J connectivity index is 2.41. The second-order valence-corrected chi connectivity index (χ2v) is 5.31. The van der Waals surface area contributed by atoms with Crippen LogP contribution in [-0.2, 0) is 10.9 Å². The summed E-state index contributed by atoms with van der Waals surface area (Å²) in [4.78, 5) is 21.5. The molecular formula is C16H11ClF3NO5. The molecule has 0 atom stereocenters. The van der Waals surface area contributed by atoms with Gasteiger partial charge >= 0.3 is 12.1 Å². The number of nitro groups is 1. The maximum atomic E-state index is 12.9. The fourth-order valence-corrected chi connectivity index (χ4v) is 2.23. The minimum atomic E-state index is -4.95. The molecule has 0 unspecified atom stereocenters. The zero-order chi connectivity index (χ0) is 19.5. The molecule has 0 amide bonds. The van der Waals surface area contributed by atoms with Crippen LogP contribution in [0.3, 0.4) is 0 Å². The Kier molecular flexibility index (Phi) is 5.71. The van der Waals surface area contributed by atoms with Gasteiger partial charge in [0.15, 0.2) is 5.75 Å². The van der Waals surface area contributed by atoms with Crippen LogP contribution < -0.4 is 4.74 Å². The lowest BCUT2D eigenvalue weighted by molar-refractivity contribution is -0.388. The van der Waals surface area contributed by atoms with Crippen molar-refractivity contribution in [3.8, 4) is 11.5 Å². The number of alkyl halides is 3. The van der Waals surface area contributed by atoms with Gasteiger partial charge in [-0.15, -0.1) is 0 Å². The third kappa shape index (κ3) is 4.42. The number of carbonyl (C=O) groups excluding carboxylic acids is 1. The van der Waals surface area contributed by atoms with Crippen LogP contribution in [0, 0.1) is 10.1 Å². The SMILES string of the molecule is CCOC(=O)c1cccc(Oc2cc([N+](=O)[O-])c(C(F)(F)F)cc2Cl)c1. The number of hydrogen-bond donors (Lipinski definition) is 0. The van der Waals surface area contributed by atoms with Crippen LogP contribution in [0.1, 0.15) is 22.8 Å². The molecule has 0 aliphatic rings. The van der Waals surface area contributed by atoms with Crippen molar-refractivity contribution >= 4 is 23.3 Å². The van der Waals surface area contributed by atoms with Gasteiger partial charge < -0.3 is 9.47 Å². The van der Waals surface area contributed by atoms with Crippen molar-refractivity contribution in [3.63, 3.8) is 0 Å². The molecule has 0 radical (unpaired) electrons. The zero-order valence-corrected chi connectivity index (χ0v) is 13.9. The Morgan fingerprint density at radius 2 is 1.96 bits per heavy atom. The van der Waals surface area contributed by atoms with Gasteiger partial charge in [-0.05, 0) is 31.2 Å². The van der Waals surface area contributed by atoms with E-state index in [2.05, 4.69) is 0 Å². The Hall–Kier alpha value is -2.81. The van der Waals surface area contributed by atoms with Crippen LogP contribution in [0.5, 0.6) is 11.5 Å². The maximum absolute atomic E-state index is 12.9. The minimum absolute atomic E-state index is 0.0477. The van der Waals surface area contributed by atoms with Crippen LogP contribution >= 0.6 is 11.6 Å². The van der Waals surface area contributed by atoms with E-state index in [9.17, 15) is 28.1 Å². The van der Waals surface area contributed by atoms with Crippen LogP contribution in [0.25, 0.3) is 0 Å². The number of ether oxygens (including phenoxy) is 2. The Labute approximate surface area is 150 Å². The van der Waals surface area contributed by atoms with E-state index < -0.39 is 33.3 Å². The lowest BCUT2D eigenvalue weighted by atomic mass is 10.1. The molecule has 138 valence electrons. The number of nitro benzene ring substituents is 1. The molecule has 0 saturated heterocycles. The number of carbonyl (C=O) groups is 1. The predicted molar refractivity (Wildman–Crippen MR) is 85.6 cm³/mol. The lowest BCUT2D eigenvalue weighted by Crippen LogP contribution is -2.09. The summed E-state index contributed by atoms with van der Waals surface area (Å²) in [6.07, 6.45) is -4.95. The van der Waals surface area contributed by atoms with Crippen LogP contribution in [0.15, 0.2) is 36.4 Å². The Morgan fingerprint density at radius 3 is 2.54 bits per heavy atom. The summed E-state index contributed by atoms with van der Waals surface area (Å²) in [6, 6.07) is 6.59. The Morgan fingerprint density at radius 1 is 1.27 bits per heavy atom. The first-order chi connectivity index (χ1) is 12.1. The minimum Gasteiger partial charge on any atom is -0.462 e. The summed E-state index contributed by atoms with van der Waals surface area (Å²) >= 11 is 5.77. The van der Waals surface area contributed by atoms with Crippen molar-refractivity contribution in [2.45, 2.75) is 13.1 Å². The summed E-state index contributed by atoms with van der Waals surface area (Å²) < 4.78 is 48.9. The molecule has 0 N–H and O–H groups in total. The van der Waals surface area contributed by atoms with Gasteiger partial charge in [0.1, 0.15) is 11.3 Å². The number of rotatable bonds is 5. The monoisotopic (exact) mass is 389 g/mol. The third-order valence-electron chi connectivity index (χ3n) is 3.13. The molecule has 0 aliphatic heterocycles. The van der Waals surface area contributed by atoms with Gasteiger partial charge in [-0.1, -0.05) is 17.7 Å². The molecule has 0 bridgehead atoms. The summed E-state index contributed by atoms with van der Waals surface area (Å²) in [5, 5.41) is 10.5. The highest BCUT2D eigenvalue weighted by Gasteiger charge is 2.39. The molecule has 26 heavy (non-hydrogen) atoms. The zero-order valence-electron chi connectivity index (χ0n) is 13.2. The number of hydrogen-bond acceptors (Lipinski definition) is 5. The van der Waals surface area contributed by atoms with Crippen molar-refractivity contribution in [2.75, 3.05) is 6.61 Å². The van der Waals surface area contributed by atoms with Crippen molar-refractivity contribution in [2.24, 2.45) is 0 Å². The van der Waals surface area contributed by atoms with E-state index in [4.69, 9.17) is 21.1 Å². The van der Waals surface area contributed by atoms with E-state index >= 15 is 0 Å². The highest BCUT2D eigenvalue weighted by Crippen LogP contribution is 2.42. The highest BCUT2D eigenvalue weighted by atomic mass is 35.5. The molecule has 0 aliphatic carbocycles. The predicted octanol–water partition coefficient (Wildman–Crippen LogP) is 5.24. The van der Waals surface area contributed by atoms with E-state index in [1.54, 1.807) is 6.92 Å². The molecule has 2 rings (SSSR count). The molecule has 10 heteroatoms. The molecule has 6 nitrogen and oxygen atoms in total. The summed E-state index contributed by atoms with van der Waals surface area (Å²) in [7, 11) is 0. The summed E-state index contributed by atoms with van der Waals surface area (Å²) in [5.74, 6) is -0.929. The maximum Gasteiger partial charge on any atom is 0.423 e. The van der Waals surface area contributed by atoms with Crippen molar-refractivity contribution in [1.29, 1.82) is 0 Å². The fourth-order valence-electron chi connectivity index (χ4n) is 2.03. The van der Waals surface area contributed by atoms with E-state index in [0.717, 1.165) is 0 Å². The summed E-state index contributed by atoms with van der Waals surface area (Å²) in [6.45, 7) is 1.78. The standard InChI is InChI=1S/C16H11ClF3NO5/c1-2-25-15(22)9-4-3-5-10(6-9)26-14-8-13(21(23)24)11(7-12(14)17)16(18,19)20/h3-8H,2H2,1H3. The van der Waals surface area contributed by atoms with E-state index in [1.165, 1.54) is 24.3 Å². The highest BCUT2D eigenvalue weighted by molar-refractivity contribution is 6.32. The molecule has 0 spiro atoms. The second kappa shape index (κ2) is 7.61. The van der Waals surface area contributed by atoms with Crippen LogP contribution in [0.4, 0.5) is 18.9 Å². The largest absolute Gasteiger partial charge is 0.462 e. The van der Waals surface area contributed by atoms with Crippen LogP contribution in [0.2, 0.25) is 5.02 Å². The van der Waals surface area contributed by atoms with Gasteiger partial charge in [-0.25, -0.2) is 4.79 Å². The number of esters is 1. The first kappa shape index (κ1) is 19.5. The molecule has 2 aromatic carbocycles. The van der Waals surface area contributed by atoms with E-state index in [1.807, 2.05) is 0 Å². The molecule has 0 heterocycles. The average Bonchev–Trinajstić information content (AvgIpc) is 2.55. The third-order valence-corrected chi connectivity index (χ3v) is 3.42. The number of halogens is 4. The average molecular weight is 390 g/mol. The van der Waals surface area contributed by atoms with Gasteiger partial charge in [0.05, 0.1) is 28.2 Å².